The molecule has 1 aromatic carbocycles. The summed E-state index contributed by atoms with van der Waals surface area (Å²) in [6.45, 7) is 3.99. The number of methoxy groups -OCH3 is 1. The second-order valence-electron chi connectivity index (χ2n) is 6.26. The van der Waals surface area contributed by atoms with E-state index in [9.17, 15) is 14.3 Å². The standard InChI is InChI=1S/C17H25FN2O3/c1-4-15(13-7-5-6-8-14(13)18)19-16(22)20-10-12(23-3)9-17(20,2)11-21/h5-8,12,15,21H,4,9-11H2,1-3H3,(H,19,22)/t12?,15-,17?/m0/s1. The monoisotopic (exact) mass is 324 g/mol. The largest absolute Gasteiger partial charge is 0.394 e. The summed E-state index contributed by atoms with van der Waals surface area (Å²) in [7, 11) is 1.60. The summed E-state index contributed by atoms with van der Waals surface area (Å²) < 4.78 is 19.3. The highest BCUT2D eigenvalue weighted by molar-refractivity contribution is 5.76. The van der Waals surface area contributed by atoms with Crippen LogP contribution >= 0.6 is 0 Å². The van der Waals surface area contributed by atoms with Crippen LogP contribution in [0.3, 0.4) is 0 Å². The van der Waals surface area contributed by atoms with Crippen molar-refractivity contribution < 1.29 is 19.0 Å². The number of hydrogen-bond donors (Lipinski definition) is 2. The van der Waals surface area contributed by atoms with Gasteiger partial charge in [0.25, 0.3) is 0 Å². The van der Waals surface area contributed by atoms with E-state index < -0.39 is 11.6 Å². The molecule has 2 rings (SSSR count). The second kappa shape index (κ2) is 7.27. The van der Waals surface area contributed by atoms with Gasteiger partial charge < -0.3 is 20.1 Å². The Labute approximate surface area is 136 Å². The lowest BCUT2D eigenvalue weighted by atomic mass is 9.99. The highest BCUT2D eigenvalue weighted by atomic mass is 19.1. The average Bonchev–Trinajstić information content (AvgIpc) is 2.91. The first-order valence-electron chi connectivity index (χ1n) is 7.91. The summed E-state index contributed by atoms with van der Waals surface area (Å²) in [5.41, 5.74) is -0.199. The van der Waals surface area contributed by atoms with Gasteiger partial charge in [0.2, 0.25) is 0 Å². The molecule has 2 amide bonds. The lowest BCUT2D eigenvalue weighted by Crippen LogP contribution is -2.52. The molecule has 128 valence electrons. The SMILES string of the molecule is CC[C@H](NC(=O)N1CC(OC)CC1(C)CO)c1ccccc1F. The normalized spacial score (nSPS) is 25.4. The van der Waals surface area contributed by atoms with E-state index in [-0.39, 0.29) is 24.6 Å². The maximum absolute atomic E-state index is 14.0. The summed E-state index contributed by atoms with van der Waals surface area (Å²) in [5, 5.41) is 12.6. The molecular formula is C17H25FN2O3. The number of hydrogen-bond acceptors (Lipinski definition) is 3. The van der Waals surface area contributed by atoms with Gasteiger partial charge in [-0.1, -0.05) is 25.1 Å². The third kappa shape index (κ3) is 3.64. The molecular weight excluding hydrogens is 299 g/mol. The lowest BCUT2D eigenvalue weighted by molar-refractivity contribution is 0.0938. The summed E-state index contributed by atoms with van der Waals surface area (Å²) in [5.74, 6) is -0.333. The molecule has 1 saturated heterocycles. The zero-order chi connectivity index (χ0) is 17.0. The van der Waals surface area contributed by atoms with E-state index in [2.05, 4.69) is 5.32 Å². The van der Waals surface area contributed by atoms with Crippen molar-refractivity contribution in [2.45, 2.75) is 44.4 Å². The molecule has 0 radical (unpaired) electrons. The molecule has 5 nitrogen and oxygen atoms in total. The number of likely N-dealkylation sites (tertiary alicyclic amines) is 1. The Balaban J connectivity index is 2.15. The number of amides is 2. The molecule has 2 N–H and O–H groups in total. The highest BCUT2D eigenvalue weighted by Crippen LogP contribution is 2.31. The van der Waals surface area contributed by atoms with Crippen molar-refractivity contribution in [1.29, 1.82) is 0 Å². The highest BCUT2D eigenvalue weighted by Gasteiger charge is 2.44. The van der Waals surface area contributed by atoms with Crippen LogP contribution in [0.1, 0.15) is 38.3 Å². The van der Waals surface area contributed by atoms with Crippen LogP contribution in [-0.2, 0) is 4.74 Å². The molecule has 0 aromatic heterocycles. The number of nitrogens with zero attached hydrogens (tertiary/aromatic N) is 1. The molecule has 1 aromatic rings. The number of ether oxygens (including phenoxy) is 1. The zero-order valence-electron chi connectivity index (χ0n) is 13.9. The smallest absolute Gasteiger partial charge is 0.318 e. The van der Waals surface area contributed by atoms with Crippen LogP contribution < -0.4 is 5.32 Å². The van der Waals surface area contributed by atoms with Crippen LogP contribution in [0.2, 0.25) is 0 Å². The Hall–Kier alpha value is -1.66. The van der Waals surface area contributed by atoms with Gasteiger partial charge in [0.15, 0.2) is 0 Å². The third-order valence-corrected chi connectivity index (χ3v) is 4.61. The number of benzene rings is 1. The van der Waals surface area contributed by atoms with Crippen molar-refractivity contribution in [2.24, 2.45) is 0 Å². The molecule has 0 saturated carbocycles. The van der Waals surface area contributed by atoms with E-state index in [0.717, 1.165) is 0 Å². The van der Waals surface area contributed by atoms with Crippen molar-refractivity contribution >= 4 is 6.03 Å². The number of urea groups is 1. The number of nitrogens with one attached hydrogen (secondary N) is 1. The molecule has 0 spiro atoms. The lowest BCUT2D eigenvalue weighted by Gasteiger charge is -2.34. The average molecular weight is 324 g/mol. The van der Waals surface area contributed by atoms with Gasteiger partial charge in [0.1, 0.15) is 5.82 Å². The van der Waals surface area contributed by atoms with Gasteiger partial charge in [-0.05, 0) is 19.4 Å². The van der Waals surface area contributed by atoms with Crippen molar-refractivity contribution in [2.75, 3.05) is 20.3 Å². The van der Waals surface area contributed by atoms with E-state index in [4.69, 9.17) is 4.74 Å². The van der Waals surface area contributed by atoms with Crippen LogP contribution in [-0.4, -0.2) is 47.9 Å². The Bertz CT molecular complexity index is 554. The van der Waals surface area contributed by atoms with Gasteiger partial charge in [-0.3, -0.25) is 0 Å². The molecule has 23 heavy (non-hydrogen) atoms. The van der Waals surface area contributed by atoms with Crippen LogP contribution in [0.5, 0.6) is 0 Å². The molecule has 0 aliphatic carbocycles. The molecule has 6 heteroatoms. The van der Waals surface area contributed by atoms with Gasteiger partial charge in [-0.15, -0.1) is 0 Å². The molecule has 2 unspecified atom stereocenters. The fraction of sp³-hybridized carbons (Fsp3) is 0.588. The number of carbonyl (C=O) groups excluding carboxylic acids is 1. The first-order chi connectivity index (χ1) is 10.9. The van der Waals surface area contributed by atoms with Gasteiger partial charge >= 0.3 is 6.03 Å². The van der Waals surface area contributed by atoms with Gasteiger partial charge in [-0.25, -0.2) is 9.18 Å². The van der Waals surface area contributed by atoms with Crippen LogP contribution in [0.15, 0.2) is 24.3 Å². The molecule has 1 aliphatic heterocycles. The molecule has 0 bridgehead atoms. The maximum Gasteiger partial charge on any atom is 0.318 e. The minimum atomic E-state index is -0.668. The predicted molar refractivity (Wildman–Crippen MR) is 85.6 cm³/mol. The van der Waals surface area contributed by atoms with Crippen molar-refractivity contribution in [1.82, 2.24) is 10.2 Å². The zero-order valence-corrected chi connectivity index (χ0v) is 13.9. The fourth-order valence-electron chi connectivity index (χ4n) is 3.11. The minimum Gasteiger partial charge on any atom is -0.394 e. The van der Waals surface area contributed by atoms with E-state index >= 15 is 0 Å². The topological polar surface area (TPSA) is 61.8 Å². The Morgan fingerprint density at radius 1 is 1.57 bits per heavy atom. The first kappa shape index (κ1) is 17.7. The minimum absolute atomic E-state index is 0.105. The van der Waals surface area contributed by atoms with E-state index in [1.807, 2.05) is 13.8 Å². The number of rotatable bonds is 5. The predicted octanol–water partition coefficient (Wildman–Crippen LogP) is 2.46. The first-order valence-corrected chi connectivity index (χ1v) is 7.91. The molecule has 3 atom stereocenters. The number of aliphatic hydroxyl groups excluding tert-OH is 1. The Morgan fingerprint density at radius 2 is 2.26 bits per heavy atom. The third-order valence-electron chi connectivity index (χ3n) is 4.61. The Morgan fingerprint density at radius 3 is 2.83 bits per heavy atom. The number of halogens is 1. The Kier molecular flexibility index (Phi) is 5.59. The quantitative estimate of drug-likeness (QED) is 0.874. The summed E-state index contributed by atoms with van der Waals surface area (Å²) in [6, 6.07) is 5.72. The van der Waals surface area contributed by atoms with Crippen molar-refractivity contribution in [3.63, 3.8) is 0 Å². The van der Waals surface area contributed by atoms with Crippen molar-refractivity contribution in [3.05, 3.63) is 35.6 Å². The van der Waals surface area contributed by atoms with Crippen molar-refractivity contribution in [3.8, 4) is 0 Å². The maximum atomic E-state index is 14.0. The van der Waals surface area contributed by atoms with Gasteiger partial charge in [0, 0.05) is 25.6 Å². The van der Waals surface area contributed by atoms with Gasteiger partial charge in [-0.2, -0.15) is 0 Å². The fourth-order valence-corrected chi connectivity index (χ4v) is 3.11. The molecule has 1 fully saturated rings. The van der Waals surface area contributed by atoms with E-state index in [1.165, 1.54) is 6.07 Å². The number of aliphatic hydroxyl groups is 1. The summed E-state index contributed by atoms with van der Waals surface area (Å²) in [6.07, 6.45) is 1.04. The van der Waals surface area contributed by atoms with Crippen LogP contribution in [0.25, 0.3) is 0 Å². The second-order valence-corrected chi connectivity index (χ2v) is 6.26. The molecule has 1 aliphatic rings. The van der Waals surface area contributed by atoms with Crippen LogP contribution in [0, 0.1) is 5.82 Å². The summed E-state index contributed by atoms with van der Waals surface area (Å²) in [4.78, 5) is 14.2. The molecule has 1 heterocycles. The van der Waals surface area contributed by atoms with Gasteiger partial charge in [0.05, 0.1) is 24.3 Å². The van der Waals surface area contributed by atoms with E-state index in [1.54, 1.807) is 30.2 Å². The van der Waals surface area contributed by atoms with Crippen LogP contribution in [0.4, 0.5) is 9.18 Å². The van der Waals surface area contributed by atoms with E-state index in [0.29, 0.717) is 24.9 Å². The summed E-state index contributed by atoms with van der Waals surface area (Å²) >= 11 is 0. The number of carbonyl (C=O) groups is 1.